The lowest BCUT2D eigenvalue weighted by molar-refractivity contribution is -0.176. The molecule has 13 heavy (non-hydrogen) atoms. The Hall–Kier alpha value is -0.0400. The highest BCUT2D eigenvalue weighted by molar-refractivity contribution is 5.08. The summed E-state index contributed by atoms with van der Waals surface area (Å²) >= 11 is 0. The Kier molecular flexibility index (Phi) is 1.36. The van der Waals surface area contributed by atoms with Crippen molar-refractivity contribution < 1.29 is 5.11 Å². The zero-order valence-corrected chi connectivity index (χ0v) is 8.71. The fraction of sp³-hybridized carbons (Fsp3) is 1.00. The van der Waals surface area contributed by atoms with Crippen molar-refractivity contribution in [2.45, 2.75) is 52.1 Å². The van der Waals surface area contributed by atoms with E-state index in [0.29, 0.717) is 11.3 Å². The van der Waals surface area contributed by atoms with E-state index in [1.54, 1.807) is 0 Å². The van der Waals surface area contributed by atoms with Gasteiger partial charge < -0.3 is 5.11 Å². The maximum Gasteiger partial charge on any atom is 0.0622 e. The van der Waals surface area contributed by atoms with E-state index in [4.69, 9.17) is 0 Å². The third kappa shape index (κ3) is 0.971. The lowest BCUT2D eigenvalue weighted by atomic mass is 9.44. The summed E-state index contributed by atoms with van der Waals surface area (Å²) in [7, 11) is 0. The van der Waals surface area contributed by atoms with Crippen LogP contribution in [-0.2, 0) is 0 Å². The lowest BCUT2D eigenvalue weighted by Gasteiger charge is -2.62. The van der Waals surface area contributed by atoms with Gasteiger partial charge in [0.2, 0.25) is 0 Å². The van der Waals surface area contributed by atoms with Crippen LogP contribution >= 0.6 is 0 Å². The normalized spacial score (nSPS) is 64.4. The summed E-state index contributed by atoms with van der Waals surface area (Å²) in [6.45, 7) is 4.75. The summed E-state index contributed by atoms with van der Waals surface area (Å²) < 4.78 is 0. The highest BCUT2D eigenvalue weighted by Crippen LogP contribution is 2.64. The highest BCUT2D eigenvalue weighted by atomic mass is 16.3. The first-order valence-corrected chi connectivity index (χ1v) is 5.69. The topological polar surface area (TPSA) is 20.2 Å². The predicted molar refractivity (Wildman–Crippen MR) is 52.3 cm³/mol. The average Bonchev–Trinajstić information content (AvgIpc) is 1.96. The first-order valence-electron chi connectivity index (χ1n) is 5.69. The van der Waals surface area contributed by atoms with Gasteiger partial charge >= 0.3 is 0 Å². The highest BCUT2D eigenvalue weighted by Gasteiger charge is 2.58. The fourth-order valence-corrected chi connectivity index (χ4v) is 5.05. The molecule has 1 unspecified atom stereocenters. The predicted octanol–water partition coefficient (Wildman–Crippen LogP) is 2.58. The van der Waals surface area contributed by atoms with Gasteiger partial charge in [0.25, 0.3) is 0 Å². The van der Waals surface area contributed by atoms with Crippen molar-refractivity contribution in [1.29, 1.82) is 0 Å². The summed E-state index contributed by atoms with van der Waals surface area (Å²) in [5, 5.41) is 10.2. The molecule has 0 aromatic heterocycles. The van der Waals surface area contributed by atoms with Crippen LogP contribution in [0.4, 0.5) is 0 Å². The molecule has 0 aromatic carbocycles. The molecule has 0 heterocycles. The molecule has 4 fully saturated rings. The second kappa shape index (κ2) is 2.13. The molecule has 0 radical (unpaired) electrons. The molecule has 0 spiro atoms. The van der Waals surface area contributed by atoms with E-state index in [9.17, 15) is 5.11 Å². The van der Waals surface area contributed by atoms with Gasteiger partial charge in [0.15, 0.2) is 0 Å². The molecule has 4 bridgehead atoms. The maximum atomic E-state index is 10.2. The van der Waals surface area contributed by atoms with E-state index in [1.165, 1.54) is 32.1 Å². The van der Waals surface area contributed by atoms with Crippen molar-refractivity contribution in [2.24, 2.45) is 22.7 Å². The summed E-state index contributed by atoms with van der Waals surface area (Å²) in [5.41, 5.74) is 0.860. The van der Waals surface area contributed by atoms with Crippen LogP contribution in [0.15, 0.2) is 0 Å². The third-order valence-electron chi connectivity index (χ3n) is 4.92. The standard InChI is InChI=1S/C12H20O/c1-11-4-8-3-9(6-11)10(13)12(2,5-8)7-11/h8-10,13H,3-7H2,1-2H3/t8-,9+,10?,11+,12+/m0/s1. The van der Waals surface area contributed by atoms with Crippen LogP contribution in [0.5, 0.6) is 0 Å². The van der Waals surface area contributed by atoms with Gasteiger partial charge in [-0.15, -0.1) is 0 Å². The fourth-order valence-electron chi connectivity index (χ4n) is 5.05. The van der Waals surface area contributed by atoms with Gasteiger partial charge in [-0.2, -0.15) is 0 Å². The van der Waals surface area contributed by atoms with Gasteiger partial charge in [0.05, 0.1) is 6.10 Å². The second-order valence-corrected chi connectivity index (χ2v) is 6.56. The molecule has 74 valence electrons. The van der Waals surface area contributed by atoms with Crippen molar-refractivity contribution in [3.05, 3.63) is 0 Å². The first-order chi connectivity index (χ1) is 6.01. The molecular weight excluding hydrogens is 160 g/mol. The van der Waals surface area contributed by atoms with Crippen molar-refractivity contribution in [1.82, 2.24) is 0 Å². The Morgan fingerprint density at radius 1 is 1.15 bits per heavy atom. The van der Waals surface area contributed by atoms with E-state index >= 15 is 0 Å². The van der Waals surface area contributed by atoms with Crippen LogP contribution < -0.4 is 0 Å². The van der Waals surface area contributed by atoms with Gasteiger partial charge in [-0.1, -0.05) is 13.8 Å². The Labute approximate surface area is 80.5 Å². The molecule has 4 rings (SSSR count). The minimum Gasteiger partial charge on any atom is -0.392 e. The summed E-state index contributed by atoms with van der Waals surface area (Å²) in [6, 6.07) is 0. The van der Waals surface area contributed by atoms with Gasteiger partial charge in [-0.05, 0) is 54.8 Å². The molecule has 0 aromatic rings. The number of hydrogen-bond acceptors (Lipinski definition) is 1. The van der Waals surface area contributed by atoms with Crippen LogP contribution in [0.3, 0.4) is 0 Å². The van der Waals surface area contributed by atoms with Gasteiger partial charge in [0, 0.05) is 0 Å². The molecule has 5 atom stereocenters. The Bertz CT molecular complexity index is 250. The molecule has 4 aliphatic carbocycles. The summed E-state index contributed by atoms with van der Waals surface area (Å²) in [4.78, 5) is 0. The van der Waals surface area contributed by atoms with E-state index in [0.717, 1.165) is 5.92 Å². The molecular formula is C12H20O. The van der Waals surface area contributed by atoms with Crippen LogP contribution in [0.25, 0.3) is 0 Å². The molecule has 1 nitrogen and oxygen atoms in total. The monoisotopic (exact) mass is 180 g/mol. The average molecular weight is 180 g/mol. The van der Waals surface area contributed by atoms with Crippen LogP contribution in [0.2, 0.25) is 0 Å². The van der Waals surface area contributed by atoms with E-state index in [2.05, 4.69) is 13.8 Å². The summed E-state index contributed by atoms with van der Waals surface area (Å²) in [6.07, 6.45) is 6.62. The second-order valence-electron chi connectivity index (χ2n) is 6.56. The Morgan fingerprint density at radius 2 is 1.92 bits per heavy atom. The van der Waals surface area contributed by atoms with Gasteiger partial charge in [0.1, 0.15) is 0 Å². The Balaban J connectivity index is 2.01. The smallest absolute Gasteiger partial charge is 0.0622 e. The van der Waals surface area contributed by atoms with Crippen molar-refractivity contribution in [3.8, 4) is 0 Å². The number of aliphatic hydroxyl groups is 1. The molecule has 0 saturated heterocycles. The quantitative estimate of drug-likeness (QED) is 0.607. The SMILES string of the molecule is C[C@@]12C[C@@H]3C[C@H](C1)C(O)[C@](C)(C3)C2. The van der Waals surface area contributed by atoms with Crippen LogP contribution in [-0.4, -0.2) is 11.2 Å². The van der Waals surface area contributed by atoms with Crippen LogP contribution in [0.1, 0.15) is 46.0 Å². The first kappa shape index (κ1) is 8.28. The van der Waals surface area contributed by atoms with Crippen LogP contribution in [0, 0.1) is 22.7 Å². The van der Waals surface area contributed by atoms with Crippen molar-refractivity contribution >= 4 is 0 Å². The summed E-state index contributed by atoms with van der Waals surface area (Å²) in [5.74, 6) is 1.57. The molecule has 1 heteroatoms. The molecule has 4 saturated carbocycles. The largest absolute Gasteiger partial charge is 0.392 e. The molecule has 4 aliphatic rings. The van der Waals surface area contributed by atoms with Gasteiger partial charge in [-0.3, -0.25) is 0 Å². The minimum absolute atomic E-state index is 0.0112. The zero-order valence-electron chi connectivity index (χ0n) is 8.71. The third-order valence-corrected chi connectivity index (χ3v) is 4.92. The lowest BCUT2D eigenvalue weighted by Crippen LogP contribution is -2.57. The molecule has 1 N–H and O–H groups in total. The zero-order chi connectivity index (χ0) is 9.27. The maximum absolute atomic E-state index is 10.2. The Morgan fingerprint density at radius 3 is 2.54 bits per heavy atom. The van der Waals surface area contributed by atoms with E-state index in [1.807, 2.05) is 0 Å². The van der Waals surface area contributed by atoms with E-state index < -0.39 is 0 Å². The van der Waals surface area contributed by atoms with Crippen molar-refractivity contribution in [2.75, 3.05) is 0 Å². The molecule has 0 aliphatic heterocycles. The van der Waals surface area contributed by atoms with E-state index in [-0.39, 0.29) is 11.5 Å². The molecule has 0 amide bonds. The minimum atomic E-state index is 0.0112. The van der Waals surface area contributed by atoms with Crippen molar-refractivity contribution in [3.63, 3.8) is 0 Å². The van der Waals surface area contributed by atoms with Gasteiger partial charge in [-0.25, -0.2) is 0 Å². The number of hydrogen-bond donors (Lipinski definition) is 1. The number of rotatable bonds is 0. The number of aliphatic hydroxyl groups excluding tert-OH is 1.